The van der Waals surface area contributed by atoms with E-state index in [2.05, 4.69) is 70.5 Å². The maximum absolute atomic E-state index is 6.17. The van der Waals surface area contributed by atoms with Crippen molar-refractivity contribution in [2.24, 2.45) is 7.05 Å². The molecule has 6 rings (SSSR count). The number of fused-ring (bicyclic) bond motifs is 1. The third kappa shape index (κ3) is 5.87. The van der Waals surface area contributed by atoms with E-state index in [1.54, 1.807) is 0 Å². The van der Waals surface area contributed by atoms with Crippen molar-refractivity contribution in [2.75, 3.05) is 12.4 Å². The topological polar surface area (TPSA) is 48.3 Å². The van der Waals surface area contributed by atoms with Gasteiger partial charge in [0.25, 0.3) is 0 Å². The van der Waals surface area contributed by atoms with Crippen LogP contribution >= 0.6 is 11.8 Å². The number of benzene rings is 4. The summed E-state index contributed by atoms with van der Waals surface area (Å²) in [5, 5.41) is 4.07. The third-order valence-corrected chi connectivity index (χ3v) is 8.08. The lowest BCUT2D eigenvalue weighted by Gasteiger charge is -2.10. The smallest absolute Gasteiger partial charge is 0.147 e. The number of imidazole rings is 1. The van der Waals surface area contributed by atoms with Gasteiger partial charge in [-0.1, -0.05) is 54.6 Å². The summed E-state index contributed by atoms with van der Waals surface area (Å²) in [6.07, 6.45) is 2.00. The van der Waals surface area contributed by atoms with Crippen LogP contribution in [0.15, 0.2) is 97.1 Å². The van der Waals surface area contributed by atoms with E-state index in [0.29, 0.717) is 11.9 Å². The maximum Gasteiger partial charge on any atom is 0.147 e. The molecular formula is C32H31N3O2S. The predicted octanol–water partition coefficient (Wildman–Crippen LogP) is 6.74. The highest BCUT2D eigenvalue weighted by Crippen LogP contribution is 2.27. The summed E-state index contributed by atoms with van der Waals surface area (Å²) in [4.78, 5) is 4.79. The molecule has 192 valence electrons. The Morgan fingerprint density at radius 2 is 1.55 bits per heavy atom. The van der Waals surface area contributed by atoms with Gasteiger partial charge in [-0.3, -0.25) is 0 Å². The first-order valence-electron chi connectivity index (χ1n) is 13.0. The lowest BCUT2D eigenvalue weighted by Crippen LogP contribution is -2.14. The highest BCUT2D eigenvalue weighted by Gasteiger charge is 2.15. The van der Waals surface area contributed by atoms with Gasteiger partial charge in [0.15, 0.2) is 0 Å². The van der Waals surface area contributed by atoms with Gasteiger partial charge in [0.05, 0.1) is 11.0 Å². The molecule has 2 heterocycles. The number of ether oxygens (including phenoxy) is 2. The van der Waals surface area contributed by atoms with Crippen molar-refractivity contribution in [1.29, 1.82) is 0 Å². The van der Waals surface area contributed by atoms with Crippen LogP contribution in [0.5, 0.6) is 17.2 Å². The normalized spacial score (nSPS) is 15.1. The summed E-state index contributed by atoms with van der Waals surface area (Å²) in [5.74, 6) is 4.39. The SMILES string of the molecule is Cn1c(COc2ccc(CC3CNCS3)cc2)nc2ccc(Oc3ccc(Cc4ccccc4)cc3)cc21. The standard InChI is InChI=1S/C32H31N3O2S/c1-35-31-19-28(37-27-13-9-24(10-14-27)17-23-5-3-2-4-6-23)15-16-30(31)34-32(35)21-36-26-11-7-25(8-12-26)18-29-20-33-22-38-29/h2-16,19,29,33H,17-18,20-22H2,1H3. The monoisotopic (exact) mass is 521 g/mol. The number of nitrogens with zero attached hydrogens (tertiary/aromatic N) is 2. The molecule has 5 aromatic rings. The minimum absolute atomic E-state index is 0.409. The first-order chi connectivity index (χ1) is 18.7. The molecule has 1 N–H and O–H groups in total. The average molecular weight is 522 g/mol. The van der Waals surface area contributed by atoms with Gasteiger partial charge >= 0.3 is 0 Å². The number of aryl methyl sites for hydroxylation is 1. The molecule has 1 atom stereocenters. The van der Waals surface area contributed by atoms with E-state index >= 15 is 0 Å². The van der Waals surface area contributed by atoms with Gasteiger partial charge in [-0.05, 0) is 65.9 Å². The summed E-state index contributed by atoms with van der Waals surface area (Å²) < 4.78 is 14.3. The molecule has 0 amide bonds. The molecule has 1 saturated heterocycles. The molecule has 6 heteroatoms. The molecule has 0 radical (unpaired) electrons. The lowest BCUT2D eigenvalue weighted by atomic mass is 10.1. The van der Waals surface area contributed by atoms with Gasteiger partial charge in [-0.25, -0.2) is 4.98 Å². The van der Waals surface area contributed by atoms with Gasteiger partial charge < -0.3 is 19.4 Å². The summed E-state index contributed by atoms with van der Waals surface area (Å²) >= 11 is 1.99. The average Bonchev–Trinajstić information content (AvgIpc) is 3.57. The van der Waals surface area contributed by atoms with E-state index in [0.717, 1.165) is 59.4 Å². The Morgan fingerprint density at radius 3 is 2.32 bits per heavy atom. The Kier molecular flexibility index (Phi) is 7.33. The van der Waals surface area contributed by atoms with Crippen molar-refractivity contribution in [3.63, 3.8) is 0 Å². The van der Waals surface area contributed by atoms with Gasteiger partial charge in [-0.2, -0.15) is 0 Å². The van der Waals surface area contributed by atoms with Crippen molar-refractivity contribution in [1.82, 2.24) is 14.9 Å². The van der Waals surface area contributed by atoms with Gasteiger partial charge in [0, 0.05) is 30.8 Å². The fourth-order valence-electron chi connectivity index (χ4n) is 4.77. The summed E-state index contributed by atoms with van der Waals surface area (Å²) in [5.41, 5.74) is 5.85. The van der Waals surface area contributed by atoms with Gasteiger partial charge in [0.1, 0.15) is 29.7 Å². The minimum atomic E-state index is 0.409. The van der Waals surface area contributed by atoms with Crippen molar-refractivity contribution in [3.05, 3.63) is 120 Å². The largest absolute Gasteiger partial charge is 0.486 e. The van der Waals surface area contributed by atoms with E-state index in [-0.39, 0.29) is 0 Å². The zero-order chi connectivity index (χ0) is 25.7. The van der Waals surface area contributed by atoms with Gasteiger partial charge in [0.2, 0.25) is 0 Å². The van der Waals surface area contributed by atoms with Crippen molar-refractivity contribution >= 4 is 22.8 Å². The van der Waals surface area contributed by atoms with Crippen molar-refractivity contribution in [2.45, 2.75) is 24.7 Å². The summed E-state index contributed by atoms with van der Waals surface area (Å²) in [6.45, 7) is 1.50. The minimum Gasteiger partial charge on any atom is -0.486 e. The Hall–Kier alpha value is -3.74. The molecule has 5 nitrogen and oxygen atoms in total. The summed E-state index contributed by atoms with van der Waals surface area (Å²) in [6, 6.07) is 33.3. The number of rotatable bonds is 9. The lowest BCUT2D eigenvalue weighted by molar-refractivity contribution is 0.292. The van der Waals surface area contributed by atoms with Crippen molar-refractivity contribution < 1.29 is 9.47 Å². The van der Waals surface area contributed by atoms with E-state index in [4.69, 9.17) is 14.5 Å². The Labute approximate surface area is 227 Å². The number of nitrogens with one attached hydrogen (secondary N) is 1. The molecule has 0 saturated carbocycles. The van der Waals surface area contributed by atoms with Crippen LogP contribution in [-0.4, -0.2) is 27.2 Å². The Morgan fingerprint density at radius 1 is 0.842 bits per heavy atom. The van der Waals surface area contributed by atoms with Crippen LogP contribution in [0.3, 0.4) is 0 Å². The zero-order valence-corrected chi connectivity index (χ0v) is 22.3. The molecule has 1 aliphatic heterocycles. The molecular weight excluding hydrogens is 490 g/mol. The quantitative estimate of drug-likeness (QED) is 0.233. The molecule has 0 spiro atoms. The molecule has 4 aromatic carbocycles. The van der Waals surface area contributed by atoms with E-state index in [1.165, 1.54) is 16.7 Å². The fraction of sp³-hybridized carbons (Fsp3) is 0.219. The van der Waals surface area contributed by atoms with Crippen LogP contribution in [0.1, 0.15) is 22.5 Å². The molecule has 1 aromatic heterocycles. The van der Waals surface area contributed by atoms with Crippen LogP contribution in [-0.2, 0) is 26.5 Å². The summed E-state index contributed by atoms with van der Waals surface area (Å²) in [7, 11) is 2.02. The zero-order valence-electron chi connectivity index (χ0n) is 21.5. The molecule has 0 bridgehead atoms. The molecule has 1 fully saturated rings. The second-order valence-corrected chi connectivity index (χ2v) is 11.0. The highest BCUT2D eigenvalue weighted by atomic mass is 32.2. The second-order valence-electron chi connectivity index (χ2n) is 9.67. The Bertz CT molecular complexity index is 1490. The number of thioether (sulfide) groups is 1. The van der Waals surface area contributed by atoms with Crippen LogP contribution in [0.25, 0.3) is 11.0 Å². The molecule has 1 unspecified atom stereocenters. The van der Waals surface area contributed by atoms with Gasteiger partial charge in [-0.15, -0.1) is 11.8 Å². The van der Waals surface area contributed by atoms with Crippen LogP contribution in [0.4, 0.5) is 0 Å². The first-order valence-corrected chi connectivity index (χ1v) is 14.0. The molecule has 1 aliphatic rings. The van der Waals surface area contributed by atoms with E-state index in [1.807, 2.05) is 55.2 Å². The van der Waals surface area contributed by atoms with Crippen LogP contribution < -0.4 is 14.8 Å². The third-order valence-electron chi connectivity index (χ3n) is 6.90. The number of hydrogen-bond acceptors (Lipinski definition) is 5. The van der Waals surface area contributed by atoms with E-state index < -0.39 is 0 Å². The van der Waals surface area contributed by atoms with Crippen molar-refractivity contribution in [3.8, 4) is 17.2 Å². The second kappa shape index (κ2) is 11.3. The molecule has 0 aliphatic carbocycles. The van der Waals surface area contributed by atoms with Crippen LogP contribution in [0.2, 0.25) is 0 Å². The maximum atomic E-state index is 6.17. The van der Waals surface area contributed by atoms with E-state index in [9.17, 15) is 0 Å². The fourth-order valence-corrected chi connectivity index (χ4v) is 5.79. The first kappa shape index (κ1) is 24.6. The van der Waals surface area contributed by atoms with Crippen LogP contribution in [0, 0.1) is 0 Å². The number of hydrogen-bond donors (Lipinski definition) is 1. The Balaban J connectivity index is 1.08. The predicted molar refractivity (Wildman–Crippen MR) is 155 cm³/mol. The molecule has 38 heavy (non-hydrogen) atoms. The highest BCUT2D eigenvalue weighted by molar-refractivity contribution is 8.00. The number of aromatic nitrogens is 2.